The predicted octanol–water partition coefficient (Wildman–Crippen LogP) is 5.08. The maximum absolute atomic E-state index is 13.6. The highest BCUT2D eigenvalue weighted by molar-refractivity contribution is 7.92. The summed E-state index contributed by atoms with van der Waals surface area (Å²) in [6.07, 6.45) is 0.659. The number of nitrogens with one attached hydrogen (secondary N) is 1. The largest absolute Gasteiger partial charge is 0.496 e. The first-order valence-corrected chi connectivity index (χ1v) is 12.7. The molecule has 0 saturated heterocycles. The minimum Gasteiger partial charge on any atom is -0.496 e. The third-order valence-electron chi connectivity index (χ3n) is 5.80. The molecule has 0 heterocycles. The van der Waals surface area contributed by atoms with Gasteiger partial charge < -0.3 is 10.1 Å². The van der Waals surface area contributed by atoms with Crippen LogP contribution in [0.1, 0.15) is 41.6 Å². The van der Waals surface area contributed by atoms with E-state index >= 15 is 0 Å². The number of hydrogen-bond donors (Lipinski definition) is 1. The van der Waals surface area contributed by atoms with Gasteiger partial charge in [-0.3, -0.25) is 9.10 Å². The van der Waals surface area contributed by atoms with Crippen LogP contribution in [0.3, 0.4) is 0 Å². The zero-order valence-electron chi connectivity index (χ0n) is 20.3. The number of carbonyl (C=O) groups excluding carboxylic acids is 1. The number of ether oxygens (including phenoxy) is 1. The van der Waals surface area contributed by atoms with E-state index in [0.717, 1.165) is 28.0 Å². The molecule has 1 unspecified atom stereocenters. The lowest BCUT2D eigenvalue weighted by Crippen LogP contribution is -2.42. The molecule has 0 aliphatic rings. The van der Waals surface area contributed by atoms with E-state index in [2.05, 4.69) is 5.32 Å². The van der Waals surface area contributed by atoms with Crippen LogP contribution in [0, 0.1) is 20.8 Å². The molecule has 1 atom stereocenters. The maximum Gasteiger partial charge on any atom is 0.264 e. The van der Waals surface area contributed by atoms with Gasteiger partial charge in [0.2, 0.25) is 5.91 Å². The summed E-state index contributed by atoms with van der Waals surface area (Å²) in [7, 11) is -2.33. The van der Waals surface area contributed by atoms with Crippen LogP contribution in [-0.4, -0.2) is 28.0 Å². The van der Waals surface area contributed by atoms with Gasteiger partial charge in [-0.25, -0.2) is 8.42 Å². The molecule has 0 fully saturated rings. The van der Waals surface area contributed by atoms with E-state index < -0.39 is 10.0 Å². The molecule has 7 heteroatoms. The van der Waals surface area contributed by atoms with E-state index in [9.17, 15) is 13.2 Å². The van der Waals surface area contributed by atoms with Gasteiger partial charge in [0.1, 0.15) is 12.3 Å². The lowest BCUT2D eigenvalue weighted by atomic mass is 10.0. The van der Waals surface area contributed by atoms with Crippen molar-refractivity contribution in [3.63, 3.8) is 0 Å². The van der Waals surface area contributed by atoms with Crippen LogP contribution in [0.2, 0.25) is 0 Å². The van der Waals surface area contributed by atoms with Crippen LogP contribution in [0.4, 0.5) is 5.69 Å². The number of benzene rings is 3. The molecule has 0 radical (unpaired) electrons. The average Bonchev–Trinajstić information content (AvgIpc) is 2.82. The molecule has 0 aromatic heterocycles. The molecule has 3 aromatic carbocycles. The minimum absolute atomic E-state index is 0.139. The van der Waals surface area contributed by atoms with E-state index in [1.54, 1.807) is 43.5 Å². The number of carbonyl (C=O) groups is 1. The first-order chi connectivity index (χ1) is 16.2. The van der Waals surface area contributed by atoms with Gasteiger partial charge in [-0.1, -0.05) is 55.0 Å². The Morgan fingerprint density at radius 1 is 0.971 bits per heavy atom. The molecule has 6 nitrogen and oxygen atoms in total. The molecule has 3 aromatic rings. The van der Waals surface area contributed by atoms with Crippen molar-refractivity contribution in [2.75, 3.05) is 18.0 Å². The van der Waals surface area contributed by atoms with Crippen molar-refractivity contribution in [1.29, 1.82) is 0 Å². The molecule has 1 N–H and O–H groups in total. The van der Waals surface area contributed by atoms with Gasteiger partial charge in [0, 0.05) is 0 Å². The van der Waals surface area contributed by atoms with Crippen LogP contribution < -0.4 is 14.4 Å². The fraction of sp³-hybridized carbons (Fsp3) is 0.296. The molecule has 0 spiro atoms. The number of methoxy groups -OCH3 is 1. The Kier molecular flexibility index (Phi) is 7.99. The molecule has 34 heavy (non-hydrogen) atoms. The monoisotopic (exact) mass is 480 g/mol. The third-order valence-corrected chi connectivity index (χ3v) is 7.58. The Morgan fingerprint density at radius 3 is 2.26 bits per heavy atom. The molecular formula is C27H32N2O4S. The summed E-state index contributed by atoms with van der Waals surface area (Å²) < 4.78 is 33.7. The highest BCUT2D eigenvalue weighted by atomic mass is 32.2. The second-order valence-corrected chi connectivity index (χ2v) is 10.2. The van der Waals surface area contributed by atoms with Crippen molar-refractivity contribution < 1.29 is 17.9 Å². The summed E-state index contributed by atoms with van der Waals surface area (Å²) in [4.78, 5) is 13.3. The van der Waals surface area contributed by atoms with E-state index in [-0.39, 0.29) is 23.4 Å². The lowest BCUT2D eigenvalue weighted by Gasteiger charge is -2.27. The maximum atomic E-state index is 13.6. The van der Waals surface area contributed by atoms with Gasteiger partial charge in [-0.05, 0) is 68.1 Å². The molecule has 180 valence electrons. The summed E-state index contributed by atoms with van der Waals surface area (Å²) in [5.41, 5.74) is 4.20. The standard InChI is InChI=1S/C27H32N2O4S/c1-6-24(22-13-15-26(33-5)21(4)17-22)28-27(30)18-29(25-14-12-19(2)16-20(25)3)34(31,32)23-10-8-7-9-11-23/h7-17,24H,6,18H2,1-5H3,(H,28,30). The van der Waals surface area contributed by atoms with Gasteiger partial charge in [-0.15, -0.1) is 0 Å². The second-order valence-electron chi connectivity index (χ2n) is 8.37. The van der Waals surface area contributed by atoms with Crippen molar-refractivity contribution in [3.05, 3.63) is 89.0 Å². The van der Waals surface area contributed by atoms with E-state index in [1.165, 1.54) is 4.31 Å². The Balaban J connectivity index is 1.93. The first-order valence-electron chi connectivity index (χ1n) is 11.3. The number of rotatable bonds is 9. The SMILES string of the molecule is CCC(NC(=O)CN(c1ccc(C)cc1C)S(=O)(=O)c1ccccc1)c1ccc(OC)c(C)c1. The Bertz CT molecular complexity index is 1260. The molecular weight excluding hydrogens is 448 g/mol. The number of amides is 1. The minimum atomic E-state index is -3.95. The fourth-order valence-corrected chi connectivity index (χ4v) is 5.52. The number of nitrogens with zero attached hydrogens (tertiary/aromatic N) is 1. The van der Waals surface area contributed by atoms with Gasteiger partial charge in [0.15, 0.2) is 0 Å². The van der Waals surface area contributed by atoms with Gasteiger partial charge in [0.25, 0.3) is 10.0 Å². The van der Waals surface area contributed by atoms with Crippen molar-refractivity contribution in [1.82, 2.24) is 5.32 Å². The van der Waals surface area contributed by atoms with Crippen LogP contribution in [0.15, 0.2) is 71.6 Å². The Hall–Kier alpha value is -3.32. The summed E-state index contributed by atoms with van der Waals surface area (Å²) in [5, 5.41) is 3.02. The predicted molar refractivity (Wildman–Crippen MR) is 136 cm³/mol. The van der Waals surface area contributed by atoms with Crippen LogP contribution in [0.25, 0.3) is 0 Å². The van der Waals surface area contributed by atoms with Crippen LogP contribution in [0.5, 0.6) is 5.75 Å². The quantitative estimate of drug-likeness (QED) is 0.463. The van der Waals surface area contributed by atoms with Crippen LogP contribution >= 0.6 is 0 Å². The number of anilines is 1. The third kappa shape index (κ3) is 5.59. The zero-order chi connectivity index (χ0) is 24.9. The fourth-order valence-electron chi connectivity index (χ4n) is 4.01. The topological polar surface area (TPSA) is 75.7 Å². The molecule has 0 bridgehead atoms. The lowest BCUT2D eigenvalue weighted by molar-refractivity contribution is -0.120. The summed E-state index contributed by atoms with van der Waals surface area (Å²) in [6, 6.07) is 19.2. The first kappa shape index (κ1) is 25.3. The van der Waals surface area contributed by atoms with Crippen molar-refractivity contribution in [2.24, 2.45) is 0 Å². The van der Waals surface area contributed by atoms with Crippen molar-refractivity contribution >= 4 is 21.6 Å². The second kappa shape index (κ2) is 10.7. The smallest absolute Gasteiger partial charge is 0.264 e. The average molecular weight is 481 g/mol. The van der Waals surface area contributed by atoms with Gasteiger partial charge in [-0.2, -0.15) is 0 Å². The molecule has 0 aliphatic carbocycles. The number of sulfonamides is 1. The Morgan fingerprint density at radius 2 is 1.68 bits per heavy atom. The normalized spacial score (nSPS) is 12.1. The van der Waals surface area contributed by atoms with Crippen LogP contribution in [-0.2, 0) is 14.8 Å². The summed E-state index contributed by atoms with van der Waals surface area (Å²) in [5.74, 6) is 0.403. The number of hydrogen-bond acceptors (Lipinski definition) is 4. The van der Waals surface area contributed by atoms with E-state index in [0.29, 0.717) is 12.1 Å². The highest BCUT2D eigenvalue weighted by Crippen LogP contribution is 2.28. The van der Waals surface area contributed by atoms with Gasteiger partial charge >= 0.3 is 0 Å². The van der Waals surface area contributed by atoms with Gasteiger partial charge in [0.05, 0.1) is 23.7 Å². The van der Waals surface area contributed by atoms with Crippen molar-refractivity contribution in [2.45, 2.75) is 45.1 Å². The zero-order valence-corrected chi connectivity index (χ0v) is 21.1. The molecule has 0 aliphatic heterocycles. The highest BCUT2D eigenvalue weighted by Gasteiger charge is 2.29. The summed E-state index contributed by atoms with van der Waals surface area (Å²) >= 11 is 0. The van der Waals surface area contributed by atoms with E-state index in [1.807, 2.05) is 58.0 Å². The number of aryl methyl sites for hydroxylation is 3. The summed E-state index contributed by atoms with van der Waals surface area (Å²) in [6.45, 7) is 7.40. The van der Waals surface area contributed by atoms with Crippen molar-refractivity contribution in [3.8, 4) is 5.75 Å². The molecule has 3 rings (SSSR count). The molecule has 1 amide bonds. The molecule has 0 saturated carbocycles. The van der Waals surface area contributed by atoms with E-state index in [4.69, 9.17) is 4.74 Å². The Labute approximate surface area is 202 Å².